The molecule has 0 aliphatic heterocycles. The van der Waals surface area contributed by atoms with Gasteiger partial charge in [0.25, 0.3) is 5.69 Å². The summed E-state index contributed by atoms with van der Waals surface area (Å²) >= 11 is 1.53. The summed E-state index contributed by atoms with van der Waals surface area (Å²) in [5.41, 5.74) is 4.05. The number of benzene rings is 2. The van der Waals surface area contributed by atoms with Gasteiger partial charge in [-0.25, -0.2) is 0 Å². The van der Waals surface area contributed by atoms with Gasteiger partial charge in [-0.1, -0.05) is 42.1 Å². The number of aryl methyl sites for hydroxylation is 1. The molecule has 0 saturated carbocycles. The molecule has 0 atom stereocenters. The zero-order valence-electron chi connectivity index (χ0n) is 15.6. The lowest BCUT2D eigenvalue weighted by Crippen LogP contribution is -2.02. The van der Waals surface area contributed by atoms with Gasteiger partial charge in [-0.3, -0.25) is 19.7 Å². The number of rotatable bonds is 6. The topological polar surface area (TPSA) is 86.7 Å². The van der Waals surface area contributed by atoms with Gasteiger partial charge >= 0.3 is 0 Å². The van der Waals surface area contributed by atoms with E-state index in [0.29, 0.717) is 5.75 Å². The molecule has 0 saturated heterocycles. The number of nitro benzene ring substituents is 1. The first-order chi connectivity index (χ1) is 14.1. The molecule has 144 valence electrons. The third kappa shape index (κ3) is 4.02. The van der Waals surface area contributed by atoms with Crippen molar-refractivity contribution in [1.82, 2.24) is 19.7 Å². The normalized spacial score (nSPS) is 10.8. The zero-order valence-corrected chi connectivity index (χ0v) is 16.4. The van der Waals surface area contributed by atoms with Crippen LogP contribution in [0.4, 0.5) is 5.69 Å². The molecule has 8 heteroatoms. The molecule has 4 aromatic rings. The SMILES string of the molecule is Cc1ccccc1-n1c(SCc2ccc([N+](=O)[O-])cc2)nnc1-c1cccnc1. The Labute approximate surface area is 171 Å². The average molecular weight is 403 g/mol. The van der Waals surface area contributed by atoms with E-state index in [1.807, 2.05) is 47.9 Å². The number of pyridine rings is 1. The predicted octanol–water partition coefficient (Wildman–Crippen LogP) is 4.84. The van der Waals surface area contributed by atoms with Crippen LogP contribution in [0.15, 0.2) is 78.2 Å². The maximum absolute atomic E-state index is 10.8. The molecule has 2 aromatic carbocycles. The molecule has 2 aromatic heterocycles. The Hall–Kier alpha value is -3.52. The van der Waals surface area contributed by atoms with Gasteiger partial charge in [-0.2, -0.15) is 0 Å². The van der Waals surface area contributed by atoms with Crippen molar-refractivity contribution in [2.24, 2.45) is 0 Å². The van der Waals surface area contributed by atoms with Crippen LogP contribution < -0.4 is 0 Å². The van der Waals surface area contributed by atoms with Crippen molar-refractivity contribution in [1.29, 1.82) is 0 Å². The Morgan fingerprint density at radius 3 is 2.52 bits per heavy atom. The van der Waals surface area contributed by atoms with E-state index in [2.05, 4.69) is 15.2 Å². The van der Waals surface area contributed by atoms with E-state index in [4.69, 9.17) is 0 Å². The Morgan fingerprint density at radius 1 is 1.03 bits per heavy atom. The molecule has 4 rings (SSSR count). The van der Waals surface area contributed by atoms with Crippen LogP contribution in [0.5, 0.6) is 0 Å². The monoisotopic (exact) mass is 403 g/mol. The van der Waals surface area contributed by atoms with Gasteiger partial charge in [0.15, 0.2) is 11.0 Å². The Bertz CT molecular complexity index is 1140. The fourth-order valence-electron chi connectivity index (χ4n) is 2.94. The first kappa shape index (κ1) is 18.8. The van der Waals surface area contributed by atoms with Gasteiger partial charge in [0, 0.05) is 35.8 Å². The number of non-ortho nitro benzene ring substituents is 1. The van der Waals surface area contributed by atoms with Gasteiger partial charge in [0.05, 0.1) is 10.6 Å². The van der Waals surface area contributed by atoms with Crippen LogP contribution in [0.3, 0.4) is 0 Å². The van der Waals surface area contributed by atoms with Crippen LogP contribution >= 0.6 is 11.8 Å². The molecule has 0 spiro atoms. The highest BCUT2D eigenvalue weighted by Crippen LogP contribution is 2.31. The van der Waals surface area contributed by atoms with Crippen molar-refractivity contribution in [2.75, 3.05) is 0 Å². The number of hydrogen-bond acceptors (Lipinski definition) is 6. The minimum absolute atomic E-state index is 0.0840. The first-order valence-corrected chi connectivity index (χ1v) is 9.90. The smallest absolute Gasteiger partial charge is 0.269 e. The Morgan fingerprint density at radius 2 is 1.83 bits per heavy atom. The summed E-state index contributed by atoms with van der Waals surface area (Å²) in [6.07, 6.45) is 3.49. The number of para-hydroxylation sites is 1. The second-order valence-corrected chi connectivity index (χ2v) is 7.32. The van der Waals surface area contributed by atoms with Crippen LogP contribution in [0.2, 0.25) is 0 Å². The maximum Gasteiger partial charge on any atom is 0.269 e. The van der Waals surface area contributed by atoms with Gasteiger partial charge in [0.2, 0.25) is 0 Å². The average Bonchev–Trinajstić information content (AvgIpc) is 3.17. The van der Waals surface area contributed by atoms with Crippen LogP contribution in [0, 0.1) is 17.0 Å². The number of aromatic nitrogens is 4. The summed E-state index contributed by atoms with van der Waals surface area (Å²) in [6.45, 7) is 2.05. The van der Waals surface area contributed by atoms with Crippen LogP contribution in [0.1, 0.15) is 11.1 Å². The molecule has 0 bridgehead atoms. The summed E-state index contributed by atoms with van der Waals surface area (Å²) < 4.78 is 2.03. The Kier molecular flexibility index (Phi) is 5.35. The van der Waals surface area contributed by atoms with E-state index >= 15 is 0 Å². The number of nitrogens with zero attached hydrogens (tertiary/aromatic N) is 5. The second kappa shape index (κ2) is 8.24. The Balaban J connectivity index is 1.69. The number of nitro groups is 1. The molecule has 2 heterocycles. The third-order valence-electron chi connectivity index (χ3n) is 4.42. The standard InChI is InChI=1S/C21H17N5O2S/c1-15-5-2-3-7-19(15)25-20(17-6-4-12-22-13-17)23-24-21(25)29-14-16-8-10-18(11-9-16)26(27)28/h2-13H,14H2,1H3. The molecule has 0 unspecified atom stereocenters. The first-order valence-electron chi connectivity index (χ1n) is 8.91. The molecule has 0 N–H and O–H groups in total. The quantitative estimate of drug-likeness (QED) is 0.260. The maximum atomic E-state index is 10.8. The van der Waals surface area contributed by atoms with Crippen LogP contribution in [-0.4, -0.2) is 24.7 Å². The summed E-state index contributed by atoms with van der Waals surface area (Å²) in [5, 5.41) is 20.4. The molecule has 29 heavy (non-hydrogen) atoms. The molecule has 0 fully saturated rings. The van der Waals surface area contributed by atoms with Crippen molar-refractivity contribution in [2.45, 2.75) is 17.8 Å². The summed E-state index contributed by atoms with van der Waals surface area (Å²) in [6, 6.07) is 18.5. The lowest BCUT2D eigenvalue weighted by atomic mass is 10.2. The van der Waals surface area contributed by atoms with Crippen LogP contribution in [0.25, 0.3) is 17.1 Å². The van der Waals surface area contributed by atoms with E-state index < -0.39 is 4.92 Å². The zero-order chi connectivity index (χ0) is 20.2. The van der Waals surface area contributed by atoms with Gasteiger partial charge in [-0.15, -0.1) is 10.2 Å². The van der Waals surface area contributed by atoms with E-state index in [-0.39, 0.29) is 5.69 Å². The molecular formula is C21H17N5O2S. The van der Waals surface area contributed by atoms with Crippen molar-refractivity contribution in [3.8, 4) is 17.1 Å². The third-order valence-corrected chi connectivity index (χ3v) is 5.42. The molecule has 0 radical (unpaired) electrons. The van der Waals surface area contributed by atoms with Crippen LogP contribution in [-0.2, 0) is 5.75 Å². The van der Waals surface area contributed by atoms with Gasteiger partial charge < -0.3 is 0 Å². The predicted molar refractivity (Wildman–Crippen MR) is 112 cm³/mol. The van der Waals surface area contributed by atoms with E-state index in [9.17, 15) is 10.1 Å². The molecule has 0 amide bonds. The van der Waals surface area contributed by atoms with Gasteiger partial charge in [0.1, 0.15) is 0 Å². The molecule has 0 aliphatic carbocycles. The van der Waals surface area contributed by atoms with Gasteiger partial charge in [-0.05, 0) is 36.2 Å². The molecule has 7 nitrogen and oxygen atoms in total. The fraction of sp³-hybridized carbons (Fsp3) is 0.0952. The van der Waals surface area contributed by atoms with Crippen molar-refractivity contribution in [3.05, 3.63) is 94.3 Å². The number of thioether (sulfide) groups is 1. The number of hydrogen-bond donors (Lipinski definition) is 0. The minimum Gasteiger partial charge on any atom is -0.270 e. The van der Waals surface area contributed by atoms with Crippen molar-refractivity contribution in [3.63, 3.8) is 0 Å². The summed E-state index contributed by atoms with van der Waals surface area (Å²) in [5.74, 6) is 1.34. The highest BCUT2D eigenvalue weighted by atomic mass is 32.2. The molecule has 0 aliphatic rings. The molecular weight excluding hydrogens is 386 g/mol. The summed E-state index contributed by atoms with van der Waals surface area (Å²) in [7, 11) is 0. The van der Waals surface area contributed by atoms with E-state index in [1.165, 1.54) is 23.9 Å². The minimum atomic E-state index is -0.397. The van der Waals surface area contributed by atoms with Crippen molar-refractivity contribution >= 4 is 17.4 Å². The summed E-state index contributed by atoms with van der Waals surface area (Å²) in [4.78, 5) is 14.6. The second-order valence-electron chi connectivity index (χ2n) is 6.38. The fourth-order valence-corrected chi connectivity index (χ4v) is 3.84. The van der Waals surface area contributed by atoms with E-state index in [0.717, 1.165) is 33.4 Å². The highest BCUT2D eigenvalue weighted by Gasteiger charge is 2.17. The lowest BCUT2D eigenvalue weighted by molar-refractivity contribution is -0.384. The van der Waals surface area contributed by atoms with E-state index in [1.54, 1.807) is 24.5 Å². The largest absolute Gasteiger partial charge is 0.270 e. The highest BCUT2D eigenvalue weighted by molar-refractivity contribution is 7.98. The lowest BCUT2D eigenvalue weighted by Gasteiger charge is -2.12. The van der Waals surface area contributed by atoms with Crippen molar-refractivity contribution < 1.29 is 4.92 Å².